The quantitative estimate of drug-likeness (QED) is 0.675. The SMILES string of the molecule is CCC(O)CC1(C)CCNCC1. The van der Waals surface area contributed by atoms with Gasteiger partial charge < -0.3 is 10.4 Å². The van der Waals surface area contributed by atoms with Crippen molar-refractivity contribution in [2.24, 2.45) is 5.41 Å². The van der Waals surface area contributed by atoms with Gasteiger partial charge in [0.2, 0.25) is 0 Å². The molecule has 0 aliphatic carbocycles. The van der Waals surface area contributed by atoms with Gasteiger partial charge in [-0.15, -0.1) is 0 Å². The van der Waals surface area contributed by atoms with Gasteiger partial charge in [-0.05, 0) is 44.2 Å². The second kappa shape index (κ2) is 4.24. The van der Waals surface area contributed by atoms with Crippen LogP contribution in [-0.2, 0) is 0 Å². The number of aliphatic hydroxyl groups excluding tert-OH is 1. The minimum atomic E-state index is -0.0897. The zero-order valence-corrected chi connectivity index (χ0v) is 8.27. The first-order valence-electron chi connectivity index (χ1n) is 5.05. The normalized spacial score (nSPS) is 25.2. The Labute approximate surface area is 75.4 Å². The fourth-order valence-electron chi connectivity index (χ4n) is 1.95. The van der Waals surface area contributed by atoms with E-state index in [-0.39, 0.29) is 6.10 Å². The van der Waals surface area contributed by atoms with E-state index in [0.29, 0.717) is 5.41 Å². The van der Waals surface area contributed by atoms with Gasteiger partial charge in [0, 0.05) is 0 Å². The minimum Gasteiger partial charge on any atom is -0.393 e. The molecule has 2 heteroatoms. The van der Waals surface area contributed by atoms with E-state index in [1.807, 2.05) is 0 Å². The molecule has 1 fully saturated rings. The van der Waals surface area contributed by atoms with Gasteiger partial charge in [-0.3, -0.25) is 0 Å². The van der Waals surface area contributed by atoms with Gasteiger partial charge in [-0.1, -0.05) is 13.8 Å². The molecule has 0 aromatic carbocycles. The molecule has 1 atom stereocenters. The van der Waals surface area contributed by atoms with Crippen molar-refractivity contribution in [3.63, 3.8) is 0 Å². The molecule has 1 aliphatic rings. The first kappa shape index (κ1) is 10.0. The smallest absolute Gasteiger partial charge is 0.0542 e. The summed E-state index contributed by atoms with van der Waals surface area (Å²) >= 11 is 0. The Morgan fingerprint density at radius 2 is 2.00 bits per heavy atom. The average Bonchev–Trinajstić information content (AvgIpc) is 2.05. The minimum absolute atomic E-state index is 0.0897. The molecule has 0 aromatic heterocycles. The van der Waals surface area contributed by atoms with Crippen LogP contribution in [0.25, 0.3) is 0 Å². The summed E-state index contributed by atoms with van der Waals surface area (Å²) in [6, 6.07) is 0. The van der Waals surface area contributed by atoms with Crippen LogP contribution in [-0.4, -0.2) is 24.3 Å². The topological polar surface area (TPSA) is 32.3 Å². The highest BCUT2D eigenvalue weighted by Gasteiger charge is 2.28. The molecule has 0 saturated carbocycles. The van der Waals surface area contributed by atoms with E-state index < -0.39 is 0 Å². The number of piperidine rings is 1. The van der Waals surface area contributed by atoms with E-state index in [0.717, 1.165) is 25.9 Å². The van der Waals surface area contributed by atoms with Crippen molar-refractivity contribution in [3.05, 3.63) is 0 Å². The second-order valence-corrected chi connectivity index (χ2v) is 4.33. The fourth-order valence-corrected chi connectivity index (χ4v) is 1.95. The molecule has 72 valence electrons. The van der Waals surface area contributed by atoms with E-state index in [1.54, 1.807) is 0 Å². The van der Waals surface area contributed by atoms with Crippen LogP contribution in [0.2, 0.25) is 0 Å². The predicted octanol–water partition coefficient (Wildman–Crippen LogP) is 1.54. The highest BCUT2D eigenvalue weighted by molar-refractivity contribution is 4.82. The molecule has 1 saturated heterocycles. The van der Waals surface area contributed by atoms with Crippen molar-refractivity contribution >= 4 is 0 Å². The Bertz CT molecular complexity index is 130. The Hall–Kier alpha value is -0.0800. The van der Waals surface area contributed by atoms with Gasteiger partial charge in [0.05, 0.1) is 6.10 Å². The molecule has 0 radical (unpaired) electrons. The molecule has 12 heavy (non-hydrogen) atoms. The molecule has 1 unspecified atom stereocenters. The van der Waals surface area contributed by atoms with Crippen molar-refractivity contribution in [2.45, 2.75) is 45.6 Å². The lowest BCUT2D eigenvalue weighted by Gasteiger charge is -2.35. The van der Waals surface area contributed by atoms with Crippen LogP contribution in [0.1, 0.15) is 39.5 Å². The maximum absolute atomic E-state index is 9.55. The standard InChI is InChI=1S/C10H21NO/c1-3-9(12)8-10(2)4-6-11-7-5-10/h9,11-12H,3-8H2,1-2H3. The third kappa shape index (κ3) is 2.76. The van der Waals surface area contributed by atoms with E-state index in [2.05, 4.69) is 19.2 Å². The lowest BCUT2D eigenvalue weighted by atomic mass is 9.76. The first-order chi connectivity index (χ1) is 5.66. The Balaban J connectivity index is 2.35. The van der Waals surface area contributed by atoms with Crippen molar-refractivity contribution in [3.8, 4) is 0 Å². The van der Waals surface area contributed by atoms with E-state index in [1.165, 1.54) is 12.8 Å². The summed E-state index contributed by atoms with van der Waals surface area (Å²) in [5, 5.41) is 12.9. The van der Waals surface area contributed by atoms with E-state index in [4.69, 9.17) is 0 Å². The summed E-state index contributed by atoms with van der Waals surface area (Å²) in [6.07, 6.45) is 4.20. The summed E-state index contributed by atoms with van der Waals surface area (Å²) in [4.78, 5) is 0. The third-order valence-corrected chi connectivity index (χ3v) is 3.01. The average molecular weight is 171 g/mol. The molecular formula is C10H21NO. The highest BCUT2D eigenvalue weighted by Crippen LogP contribution is 2.33. The van der Waals surface area contributed by atoms with E-state index in [9.17, 15) is 5.11 Å². The zero-order valence-electron chi connectivity index (χ0n) is 8.27. The van der Waals surface area contributed by atoms with Gasteiger partial charge in [-0.2, -0.15) is 0 Å². The lowest BCUT2D eigenvalue weighted by Crippen LogP contribution is -2.36. The molecule has 2 N–H and O–H groups in total. The van der Waals surface area contributed by atoms with Gasteiger partial charge >= 0.3 is 0 Å². The van der Waals surface area contributed by atoms with Crippen LogP contribution in [0, 0.1) is 5.41 Å². The van der Waals surface area contributed by atoms with Crippen molar-refractivity contribution < 1.29 is 5.11 Å². The van der Waals surface area contributed by atoms with Crippen molar-refractivity contribution in [2.75, 3.05) is 13.1 Å². The fraction of sp³-hybridized carbons (Fsp3) is 1.00. The van der Waals surface area contributed by atoms with Crippen LogP contribution in [0.3, 0.4) is 0 Å². The summed E-state index contributed by atoms with van der Waals surface area (Å²) in [5.74, 6) is 0. The Morgan fingerprint density at radius 3 is 2.50 bits per heavy atom. The van der Waals surface area contributed by atoms with Crippen molar-refractivity contribution in [1.82, 2.24) is 5.32 Å². The van der Waals surface area contributed by atoms with Gasteiger partial charge in [0.15, 0.2) is 0 Å². The van der Waals surface area contributed by atoms with Gasteiger partial charge in [-0.25, -0.2) is 0 Å². The Morgan fingerprint density at radius 1 is 1.42 bits per heavy atom. The molecule has 0 bridgehead atoms. The molecule has 2 nitrogen and oxygen atoms in total. The van der Waals surface area contributed by atoms with Crippen LogP contribution in [0.15, 0.2) is 0 Å². The molecule has 0 amide bonds. The molecule has 1 rings (SSSR count). The third-order valence-electron chi connectivity index (χ3n) is 3.01. The monoisotopic (exact) mass is 171 g/mol. The van der Waals surface area contributed by atoms with Gasteiger partial charge in [0.1, 0.15) is 0 Å². The van der Waals surface area contributed by atoms with Crippen LogP contribution >= 0.6 is 0 Å². The van der Waals surface area contributed by atoms with Crippen LogP contribution in [0.5, 0.6) is 0 Å². The van der Waals surface area contributed by atoms with E-state index >= 15 is 0 Å². The summed E-state index contributed by atoms with van der Waals surface area (Å²) in [5.41, 5.74) is 0.390. The second-order valence-electron chi connectivity index (χ2n) is 4.33. The molecule has 0 spiro atoms. The van der Waals surface area contributed by atoms with Crippen LogP contribution < -0.4 is 5.32 Å². The predicted molar refractivity (Wildman–Crippen MR) is 51.1 cm³/mol. The molecule has 1 heterocycles. The van der Waals surface area contributed by atoms with Gasteiger partial charge in [0.25, 0.3) is 0 Å². The van der Waals surface area contributed by atoms with Crippen LogP contribution in [0.4, 0.5) is 0 Å². The first-order valence-corrected chi connectivity index (χ1v) is 5.05. The van der Waals surface area contributed by atoms with Crippen molar-refractivity contribution in [1.29, 1.82) is 0 Å². The summed E-state index contributed by atoms with van der Waals surface area (Å²) < 4.78 is 0. The Kier molecular flexibility index (Phi) is 3.53. The maximum atomic E-state index is 9.55. The number of rotatable bonds is 3. The summed E-state index contributed by atoms with van der Waals surface area (Å²) in [7, 11) is 0. The largest absolute Gasteiger partial charge is 0.393 e. The maximum Gasteiger partial charge on any atom is 0.0542 e. The number of nitrogens with one attached hydrogen (secondary N) is 1. The number of aliphatic hydroxyl groups is 1. The number of hydrogen-bond acceptors (Lipinski definition) is 2. The lowest BCUT2D eigenvalue weighted by molar-refractivity contribution is 0.0832. The molecule has 0 aromatic rings. The molecular weight excluding hydrogens is 150 g/mol. The number of hydrogen-bond donors (Lipinski definition) is 2. The summed E-state index contributed by atoms with van der Waals surface area (Å²) in [6.45, 7) is 6.59. The zero-order chi connectivity index (χ0) is 9.03. The highest BCUT2D eigenvalue weighted by atomic mass is 16.3. The molecule has 1 aliphatic heterocycles.